The van der Waals surface area contributed by atoms with Crippen LogP contribution in [-0.2, 0) is 19.4 Å². The average Bonchev–Trinajstić information content (AvgIpc) is 2.26. The van der Waals surface area contributed by atoms with Crippen LogP contribution in [0.5, 0.6) is 0 Å². The first-order chi connectivity index (χ1) is 7.64. The van der Waals surface area contributed by atoms with E-state index >= 15 is 0 Å². The van der Waals surface area contributed by atoms with E-state index in [-0.39, 0.29) is 0 Å². The van der Waals surface area contributed by atoms with Gasteiger partial charge < -0.3 is 10.4 Å². The quantitative estimate of drug-likeness (QED) is 0.581. The second kappa shape index (κ2) is 5.62. The zero-order valence-electron chi connectivity index (χ0n) is 9.55. The fourth-order valence-corrected chi connectivity index (χ4v) is 2.12. The largest absolute Gasteiger partial charge is 0.480 e. The van der Waals surface area contributed by atoms with Crippen molar-refractivity contribution in [2.75, 3.05) is 7.05 Å². The molecule has 98 valence electrons. The monoisotopic (exact) mass is 266 g/mol. The highest BCUT2D eigenvalue weighted by Gasteiger charge is 2.37. The van der Waals surface area contributed by atoms with Crippen molar-refractivity contribution in [2.45, 2.75) is 24.3 Å². The average molecular weight is 266 g/mol. The van der Waals surface area contributed by atoms with Crippen molar-refractivity contribution in [1.29, 1.82) is 0 Å². The third-order valence-corrected chi connectivity index (χ3v) is 4.55. The molecule has 0 rings (SSSR count). The lowest BCUT2D eigenvalue weighted by Gasteiger charge is -2.15. The summed E-state index contributed by atoms with van der Waals surface area (Å²) in [6.45, 7) is 1.98. The second-order valence-electron chi connectivity index (χ2n) is 3.28. The molecule has 2 atom stereocenters. The number of carbonyl (C=O) groups is 3. The van der Waals surface area contributed by atoms with Crippen molar-refractivity contribution >= 4 is 27.7 Å². The van der Waals surface area contributed by atoms with Gasteiger partial charge >= 0.3 is 12.0 Å². The van der Waals surface area contributed by atoms with Gasteiger partial charge in [-0.2, -0.15) is 0 Å². The Bertz CT molecular complexity index is 429. The summed E-state index contributed by atoms with van der Waals surface area (Å²) in [6.07, 6.45) is 0. The molecule has 0 fully saturated rings. The maximum Gasteiger partial charge on any atom is 0.321 e. The van der Waals surface area contributed by atoms with Gasteiger partial charge in [0.2, 0.25) is 5.91 Å². The summed E-state index contributed by atoms with van der Waals surface area (Å²) in [5, 5.41) is 9.09. The highest BCUT2D eigenvalue weighted by atomic mass is 32.2. The number of carboxylic acids is 1. The SMILES string of the molecule is CNC(=O)NC(=O)C(C)S(=O)(=O)C(C)C(=O)O. The van der Waals surface area contributed by atoms with Gasteiger partial charge in [0.05, 0.1) is 0 Å². The van der Waals surface area contributed by atoms with Crippen molar-refractivity contribution in [1.82, 2.24) is 10.6 Å². The third-order valence-electron chi connectivity index (χ3n) is 2.17. The molecule has 2 unspecified atom stereocenters. The molecule has 17 heavy (non-hydrogen) atoms. The highest BCUT2D eigenvalue weighted by molar-refractivity contribution is 7.94. The number of carboxylic acid groups (broad SMARTS) is 1. The minimum absolute atomic E-state index is 0.861. The maximum atomic E-state index is 11.6. The number of hydrogen-bond donors (Lipinski definition) is 3. The molecule has 8 nitrogen and oxygen atoms in total. The van der Waals surface area contributed by atoms with Crippen LogP contribution >= 0.6 is 0 Å². The van der Waals surface area contributed by atoms with Gasteiger partial charge in [-0.25, -0.2) is 13.2 Å². The Hall–Kier alpha value is -1.64. The molecule has 0 bridgehead atoms. The van der Waals surface area contributed by atoms with Crippen LogP contribution in [-0.4, -0.2) is 49.0 Å². The van der Waals surface area contributed by atoms with Gasteiger partial charge in [0, 0.05) is 7.05 Å². The van der Waals surface area contributed by atoms with E-state index in [1.165, 1.54) is 7.05 Å². The molecule has 3 N–H and O–H groups in total. The molecule has 0 saturated carbocycles. The first-order valence-electron chi connectivity index (χ1n) is 4.62. The zero-order valence-corrected chi connectivity index (χ0v) is 10.4. The molecule has 0 heterocycles. The first-order valence-corrected chi connectivity index (χ1v) is 6.23. The molecule has 0 saturated heterocycles. The number of sulfone groups is 1. The predicted octanol–water partition coefficient (Wildman–Crippen LogP) is -1.28. The van der Waals surface area contributed by atoms with Crippen LogP contribution < -0.4 is 10.6 Å². The molecule has 0 aliphatic carbocycles. The Kier molecular flexibility index (Phi) is 5.08. The van der Waals surface area contributed by atoms with Gasteiger partial charge in [0.15, 0.2) is 15.1 Å². The Labute approximate surface area is 98.3 Å². The van der Waals surface area contributed by atoms with E-state index < -0.39 is 38.2 Å². The maximum absolute atomic E-state index is 11.6. The molecule has 3 amide bonds. The number of imide groups is 1. The number of amides is 3. The number of urea groups is 1. The van der Waals surface area contributed by atoms with Crippen LogP contribution in [0.2, 0.25) is 0 Å². The van der Waals surface area contributed by atoms with E-state index in [1.54, 1.807) is 5.32 Å². The van der Waals surface area contributed by atoms with E-state index in [1.807, 2.05) is 0 Å². The molecule has 9 heteroatoms. The number of carbonyl (C=O) groups excluding carboxylic acids is 2. The van der Waals surface area contributed by atoms with Gasteiger partial charge in [-0.1, -0.05) is 0 Å². The standard InChI is InChI=1S/C8H14N2O6S/c1-4(6(11)10-8(14)9-3)17(15,16)5(2)7(12)13/h4-5H,1-3H3,(H,12,13)(H2,9,10,11,14). The van der Waals surface area contributed by atoms with Crippen LogP contribution in [0.1, 0.15) is 13.8 Å². The molecule has 0 aromatic rings. The number of rotatable bonds is 4. The van der Waals surface area contributed by atoms with Gasteiger partial charge in [0.25, 0.3) is 0 Å². The molecule has 0 aliphatic heterocycles. The molecular formula is C8H14N2O6S. The van der Waals surface area contributed by atoms with Crippen molar-refractivity contribution < 1.29 is 27.9 Å². The fourth-order valence-electron chi connectivity index (χ4n) is 0.872. The lowest BCUT2D eigenvalue weighted by molar-refractivity contribution is -0.136. The van der Waals surface area contributed by atoms with Gasteiger partial charge in [-0.05, 0) is 13.8 Å². The lowest BCUT2D eigenvalue weighted by atomic mass is 10.4. The van der Waals surface area contributed by atoms with Crippen LogP contribution in [0.4, 0.5) is 4.79 Å². The summed E-state index contributed by atoms with van der Waals surface area (Å²) in [6, 6.07) is -0.861. The second-order valence-corrected chi connectivity index (χ2v) is 5.87. The molecule has 0 spiro atoms. The zero-order chi connectivity index (χ0) is 13.8. The van der Waals surface area contributed by atoms with Crippen LogP contribution in [0.15, 0.2) is 0 Å². The van der Waals surface area contributed by atoms with Gasteiger partial charge in [0.1, 0.15) is 5.25 Å². The summed E-state index contributed by atoms with van der Waals surface area (Å²) >= 11 is 0. The lowest BCUT2D eigenvalue weighted by Crippen LogP contribution is -2.47. The summed E-state index contributed by atoms with van der Waals surface area (Å²) in [4.78, 5) is 32.7. The highest BCUT2D eigenvalue weighted by Crippen LogP contribution is 2.10. The number of nitrogens with one attached hydrogen (secondary N) is 2. The smallest absolute Gasteiger partial charge is 0.321 e. The Morgan fingerprint density at radius 3 is 1.94 bits per heavy atom. The summed E-state index contributed by atoms with van der Waals surface area (Å²) in [5.41, 5.74) is 0. The summed E-state index contributed by atoms with van der Waals surface area (Å²) in [5.74, 6) is -2.62. The summed E-state index contributed by atoms with van der Waals surface area (Å²) < 4.78 is 23.2. The van der Waals surface area contributed by atoms with Crippen LogP contribution in [0.3, 0.4) is 0 Å². The molecule has 0 aromatic heterocycles. The van der Waals surface area contributed by atoms with Crippen molar-refractivity contribution in [2.24, 2.45) is 0 Å². The number of aliphatic carboxylic acids is 1. The molecule has 0 aliphatic rings. The molecule has 0 radical (unpaired) electrons. The molecular weight excluding hydrogens is 252 g/mol. The fraction of sp³-hybridized carbons (Fsp3) is 0.625. The van der Waals surface area contributed by atoms with E-state index in [2.05, 4.69) is 5.32 Å². The first kappa shape index (κ1) is 15.4. The Balaban J connectivity index is 4.93. The topological polar surface area (TPSA) is 130 Å². The minimum Gasteiger partial charge on any atom is -0.480 e. The third kappa shape index (κ3) is 3.70. The van der Waals surface area contributed by atoms with E-state index in [9.17, 15) is 22.8 Å². The Morgan fingerprint density at radius 1 is 1.12 bits per heavy atom. The van der Waals surface area contributed by atoms with Crippen LogP contribution in [0, 0.1) is 0 Å². The number of hydrogen-bond acceptors (Lipinski definition) is 5. The van der Waals surface area contributed by atoms with Crippen molar-refractivity contribution in [3.63, 3.8) is 0 Å². The van der Waals surface area contributed by atoms with E-state index in [0.29, 0.717) is 0 Å². The summed E-state index contributed by atoms with van der Waals surface area (Å²) in [7, 11) is -2.93. The van der Waals surface area contributed by atoms with Gasteiger partial charge in [-0.15, -0.1) is 0 Å². The van der Waals surface area contributed by atoms with E-state index in [0.717, 1.165) is 13.8 Å². The van der Waals surface area contributed by atoms with Gasteiger partial charge in [-0.3, -0.25) is 14.9 Å². The molecule has 0 aromatic carbocycles. The van der Waals surface area contributed by atoms with E-state index in [4.69, 9.17) is 5.11 Å². The normalized spacial score (nSPS) is 14.5. The predicted molar refractivity (Wildman–Crippen MR) is 58.1 cm³/mol. The van der Waals surface area contributed by atoms with Crippen LogP contribution in [0.25, 0.3) is 0 Å². The minimum atomic E-state index is -4.18. The van der Waals surface area contributed by atoms with Crippen molar-refractivity contribution in [3.05, 3.63) is 0 Å². The van der Waals surface area contributed by atoms with Crippen molar-refractivity contribution in [3.8, 4) is 0 Å². The Morgan fingerprint density at radius 2 is 1.59 bits per heavy atom.